The first-order valence-corrected chi connectivity index (χ1v) is 15.9. The molecule has 3 aromatic carbocycles. The van der Waals surface area contributed by atoms with Gasteiger partial charge in [-0.1, -0.05) is 86.3 Å². The van der Waals surface area contributed by atoms with E-state index in [1.165, 1.54) is 11.3 Å². The molecular weight excluding hydrogens is 647 g/mol. The molecule has 0 N–H and O–H groups in total. The smallest absolute Gasteiger partial charge is 0.169 e. The molecule has 192 valence electrons. The fourth-order valence-electron chi connectivity index (χ4n) is 4.54. The van der Waals surface area contributed by atoms with Crippen LogP contribution < -0.4 is 0 Å². The molecule has 0 bridgehead atoms. The summed E-state index contributed by atoms with van der Waals surface area (Å²) in [5.74, 6) is 0. The van der Waals surface area contributed by atoms with Gasteiger partial charge in [0, 0.05) is 31.8 Å². The first-order valence-electron chi connectivity index (χ1n) is 11.5. The van der Waals surface area contributed by atoms with Crippen LogP contribution in [0.2, 0.25) is 15.1 Å². The van der Waals surface area contributed by atoms with Crippen molar-refractivity contribution in [1.29, 1.82) is 0 Å². The highest BCUT2D eigenvalue weighted by atomic mass is 79.9. The molecule has 2 aromatic heterocycles. The minimum Gasteiger partial charge on any atom is -0.254 e. The SMILES string of the molecule is CS(=O)c1c(-c2nnc(C3(c4ccc(Cl)cc4)CC3)s2)nn(-c2ccc(Cl)cc2Cl)c1-c1ccc(Br)cc1. The molecule has 5 aromatic rings. The Morgan fingerprint density at radius 3 is 2.26 bits per heavy atom. The Balaban J connectivity index is 1.54. The van der Waals surface area contributed by atoms with E-state index in [0.29, 0.717) is 42.0 Å². The summed E-state index contributed by atoms with van der Waals surface area (Å²) in [6.45, 7) is 0. The summed E-state index contributed by atoms with van der Waals surface area (Å²) in [5.41, 5.74) is 3.64. The molecule has 0 spiro atoms. The molecule has 1 aliphatic rings. The van der Waals surface area contributed by atoms with Gasteiger partial charge in [0.05, 0.1) is 32.1 Å². The van der Waals surface area contributed by atoms with Gasteiger partial charge in [-0.3, -0.25) is 4.21 Å². The molecule has 0 aliphatic heterocycles. The van der Waals surface area contributed by atoms with Crippen molar-refractivity contribution in [3.63, 3.8) is 0 Å². The van der Waals surface area contributed by atoms with E-state index in [-0.39, 0.29) is 5.41 Å². The monoisotopic (exact) mass is 662 g/mol. The van der Waals surface area contributed by atoms with Crippen LogP contribution in [0.3, 0.4) is 0 Å². The second-order valence-corrected chi connectivity index (χ2v) is 13.5. The van der Waals surface area contributed by atoms with E-state index in [2.05, 4.69) is 26.1 Å². The van der Waals surface area contributed by atoms with Crippen molar-refractivity contribution < 1.29 is 4.21 Å². The second kappa shape index (κ2) is 10.2. The molecule has 6 rings (SSSR count). The van der Waals surface area contributed by atoms with Crippen molar-refractivity contribution in [2.45, 2.75) is 23.2 Å². The zero-order valence-electron chi connectivity index (χ0n) is 19.8. The van der Waals surface area contributed by atoms with Gasteiger partial charge in [0.1, 0.15) is 10.7 Å². The van der Waals surface area contributed by atoms with Crippen molar-refractivity contribution in [1.82, 2.24) is 20.0 Å². The van der Waals surface area contributed by atoms with Gasteiger partial charge in [-0.2, -0.15) is 5.10 Å². The molecule has 0 amide bonds. The fraction of sp³-hybridized carbons (Fsp3) is 0.148. The molecule has 2 heterocycles. The molecule has 0 saturated heterocycles. The molecule has 11 heteroatoms. The maximum absolute atomic E-state index is 13.3. The van der Waals surface area contributed by atoms with Crippen molar-refractivity contribution in [2.75, 3.05) is 6.26 Å². The summed E-state index contributed by atoms with van der Waals surface area (Å²) in [7, 11) is -1.40. The van der Waals surface area contributed by atoms with Gasteiger partial charge in [0.2, 0.25) is 0 Å². The number of benzene rings is 3. The molecule has 1 aliphatic carbocycles. The third kappa shape index (κ3) is 4.65. The van der Waals surface area contributed by atoms with Crippen molar-refractivity contribution in [2.24, 2.45) is 0 Å². The van der Waals surface area contributed by atoms with Gasteiger partial charge < -0.3 is 0 Å². The quantitative estimate of drug-likeness (QED) is 0.182. The van der Waals surface area contributed by atoms with Crippen LogP contribution in [0.1, 0.15) is 23.4 Å². The van der Waals surface area contributed by atoms with E-state index in [1.807, 2.05) is 48.5 Å². The van der Waals surface area contributed by atoms with Gasteiger partial charge >= 0.3 is 0 Å². The molecule has 38 heavy (non-hydrogen) atoms. The van der Waals surface area contributed by atoms with Gasteiger partial charge in [-0.05, 0) is 60.9 Å². The maximum atomic E-state index is 13.3. The van der Waals surface area contributed by atoms with Crippen LogP contribution in [0.25, 0.3) is 27.6 Å². The number of hydrogen-bond acceptors (Lipinski definition) is 5. The second-order valence-electron chi connectivity index (χ2n) is 9.00. The van der Waals surface area contributed by atoms with Crippen LogP contribution in [-0.4, -0.2) is 30.4 Å². The first-order chi connectivity index (χ1) is 18.3. The zero-order chi connectivity index (χ0) is 26.6. The van der Waals surface area contributed by atoms with Crippen molar-refractivity contribution in [3.05, 3.63) is 96.8 Å². The maximum Gasteiger partial charge on any atom is 0.169 e. The first kappa shape index (κ1) is 26.2. The highest BCUT2D eigenvalue weighted by molar-refractivity contribution is 9.10. The predicted octanol–water partition coefficient (Wildman–Crippen LogP) is 8.60. The summed E-state index contributed by atoms with van der Waals surface area (Å²) in [6, 6.07) is 20.9. The lowest BCUT2D eigenvalue weighted by atomic mass is 9.97. The van der Waals surface area contributed by atoms with Crippen molar-refractivity contribution in [3.8, 4) is 27.6 Å². The summed E-state index contributed by atoms with van der Waals surface area (Å²) in [5, 5.41) is 17.2. The topological polar surface area (TPSA) is 60.7 Å². The molecule has 0 radical (unpaired) electrons. The number of halogens is 4. The average molecular weight is 665 g/mol. The average Bonchev–Trinajstić information content (AvgIpc) is 3.37. The largest absolute Gasteiger partial charge is 0.254 e. The number of nitrogens with zero attached hydrogens (tertiary/aromatic N) is 4. The van der Waals surface area contributed by atoms with Crippen molar-refractivity contribution >= 4 is 72.9 Å². The Bertz CT molecular complexity index is 1700. The molecule has 5 nitrogen and oxygen atoms in total. The summed E-state index contributed by atoms with van der Waals surface area (Å²) < 4.78 is 15.9. The van der Waals surface area contributed by atoms with E-state index in [4.69, 9.17) is 39.9 Å². The van der Waals surface area contributed by atoms with Crippen LogP contribution in [-0.2, 0) is 16.2 Å². The van der Waals surface area contributed by atoms with Crippen LogP contribution in [0, 0.1) is 0 Å². The van der Waals surface area contributed by atoms with Crippen LogP contribution in [0.4, 0.5) is 0 Å². The summed E-state index contributed by atoms with van der Waals surface area (Å²) in [6.07, 6.45) is 3.61. The van der Waals surface area contributed by atoms with Crippen LogP contribution in [0.15, 0.2) is 76.1 Å². The third-order valence-electron chi connectivity index (χ3n) is 6.57. The summed E-state index contributed by atoms with van der Waals surface area (Å²) >= 11 is 23.9. The van der Waals surface area contributed by atoms with E-state index >= 15 is 0 Å². The lowest BCUT2D eigenvalue weighted by Gasteiger charge is -2.11. The minimum absolute atomic E-state index is 0.178. The highest BCUT2D eigenvalue weighted by Crippen LogP contribution is 2.55. The van der Waals surface area contributed by atoms with Gasteiger partial charge in [-0.25, -0.2) is 4.68 Å². The number of aromatic nitrogens is 4. The Kier molecular flexibility index (Phi) is 6.99. The molecule has 1 atom stereocenters. The Labute approximate surface area is 249 Å². The number of rotatable bonds is 6. The molecule has 1 fully saturated rings. The fourth-order valence-corrected chi connectivity index (χ4v) is 7.47. The highest BCUT2D eigenvalue weighted by Gasteiger charge is 2.49. The normalized spacial score (nSPS) is 15.0. The third-order valence-corrected chi connectivity index (χ3v) is 9.98. The predicted molar refractivity (Wildman–Crippen MR) is 159 cm³/mol. The summed E-state index contributed by atoms with van der Waals surface area (Å²) in [4.78, 5) is 0.567. The van der Waals surface area contributed by atoms with Gasteiger partial charge in [0.15, 0.2) is 5.01 Å². The van der Waals surface area contributed by atoms with Crippen LogP contribution >= 0.6 is 62.1 Å². The van der Waals surface area contributed by atoms with Gasteiger partial charge in [-0.15, -0.1) is 10.2 Å². The molecule has 1 unspecified atom stereocenters. The van der Waals surface area contributed by atoms with E-state index < -0.39 is 10.8 Å². The lowest BCUT2D eigenvalue weighted by molar-refractivity contribution is 0.687. The number of hydrogen-bond donors (Lipinski definition) is 0. The molecule has 1 saturated carbocycles. The van der Waals surface area contributed by atoms with Crippen LogP contribution in [0.5, 0.6) is 0 Å². The Morgan fingerprint density at radius 2 is 1.63 bits per heavy atom. The van der Waals surface area contributed by atoms with E-state index in [9.17, 15) is 4.21 Å². The standard InChI is InChI=1S/C27H18BrCl3N4OS2/c1-38(36)24-22(25-32-33-26(37-25)27(12-13-27)16-4-8-18(29)9-5-16)34-35(21-11-10-19(30)14-20(21)31)23(24)15-2-6-17(28)7-3-15/h2-11,14H,12-13H2,1H3. The van der Waals surface area contributed by atoms with E-state index in [1.54, 1.807) is 29.1 Å². The Hall–Kier alpha value is -2.07. The Morgan fingerprint density at radius 1 is 0.947 bits per heavy atom. The van der Waals surface area contributed by atoms with Gasteiger partial charge in [0.25, 0.3) is 0 Å². The van der Waals surface area contributed by atoms with E-state index in [0.717, 1.165) is 33.4 Å². The minimum atomic E-state index is -1.40. The zero-order valence-corrected chi connectivity index (χ0v) is 25.3. The lowest BCUT2D eigenvalue weighted by Crippen LogP contribution is -2.07. The molecular formula is C27H18BrCl3N4OS2.